The standard InChI is InChI=1S/C44H44N8OS2/c1-2-9-34-29-49(21-15-31(34)8-1)43-45-27-41(54-43)38(32-10-3-13-36(24-32)51-19-6-17-47-51)26-39(33-11-4-14-37(25-33)52-20-7-18-48-52)42-28-46-44(55-42)50-22-16-40-35(30-50)12-5-23-53-40/h1-4,6-11,13-14,17-20,24-25,27-28,35,38-40H,5,12,15-16,21-23,26,29-30H2. The largest absolute Gasteiger partial charge is 0.378 e. The third-order valence-electron chi connectivity index (χ3n) is 11.7. The van der Waals surface area contributed by atoms with Crippen molar-refractivity contribution in [3.63, 3.8) is 0 Å². The summed E-state index contributed by atoms with van der Waals surface area (Å²) in [5, 5.41) is 11.4. The quantitative estimate of drug-likeness (QED) is 0.138. The van der Waals surface area contributed by atoms with E-state index in [9.17, 15) is 0 Å². The normalized spacial score (nSPS) is 19.5. The van der Waals surface area contributed by atoms with Gasteiger partial charge in [0.05, 0.1) is 17.5 Å². The SMILES string of the molecule is c1cc(C(CC(c2cccc(-n3cccn3)c2)c2cnc(N3CCC4OCCCC4C3)s2)c2cnc(N3CCc4ccccc4C3)s2)cc(-n2cccn2)c1. The van der Waals surface area contributed by atoms with Crippen LogP contribution in [0.25, 0.3) is 11.4 Å². The van der Waals surface area contributed by atoms with Gasteiger partial charge in [-0.05, 0) is 90.8 Å². The van der Waals surface area contributed by atoms with Crippen molar-refractivity contribution >= 4 is 32.9 Å². The second kappa shape index (κ2) is 15.2. The molecule has 2 fully saturated rings. The molecule has 278 valence electrons. The molecule has 3 aliphatic heterocycles. The van der Waals surface area contributed by atoms with Gasteiger partial charge in [-0.3, -0.25) is 0 Å². The average Bonchev–Trinajstić information content (AvgIpc) is 4.10. The third kappa shape index (κ3) is 7.12. The molecule has 0 N–H and O–H groups in total. The van der Waals surface area contributed by atoms with Crippen molar-refractivity contribution in [2.45, 2.75) is 56.6 Å². The number of piperidine rings is 1. The first kappa shape index (κ1) is 34.4. The second-order valence-electron chi connectivity index (χ2n) is 15.0. The van der Waals surface area contributed by atoms with Crippen LogP contribution in [0.15, 0.2) is 122 Å². The molecule has 4 unspecified atom stereocenters. The zero-order chi connectivity index (χ0) is 36.6. The molecular formula is C44H44N8OS2. The Labute approximate surface area is 329 Å². The molecular weight excluding hydrogens is 721 g/mol. The van der Waals surface area contributed by atoms with Crippen molar-refractivity contribution in [1.29, 1.82) is 0 Å². The number of ether oxygens (including phenoxy) is 1. The lowest BCUT2D eigenvalue weighted by molar-refractivity contribution is -0.0357. The van der Waals surface area contributed by atoms with Gasteiger partial charge in [-0.15, -0.1) is 22.7 Å². The molecule has 4 atom stereocenters. The number of rotatable bonds is 10. The molecule has 3 aliphatic rings. The molecule has 0 spiro atoms. The zero-order valence-corrected chi connectivity index (χ0v) is 32.4. The van der Waals surface area contributed by atoms with E-state index in [1.165, 1.54) is 38.4 Å². The Morgan fingerprint density at radius 3 is 2.00 bits per heavy atom. The Morgan fingerprint density at radius 2 is 1.35 bits per heavy atom. The van der Waals surface area contributed by atoms with Crippen molar-refractivity contribution in [2.24, 2.45) is 5.92 Å². The van der Waals surface area contributed by atoms with E-state index in [4.69, 9.17) is 14.7 Å². The highest BCUT2D eigenvalue weighted by atomic mass is 32.1. The lowest BCUT2D eigenvalue weighted by Crippen LogP contribution is -2.46. The van der Waals surface area contributed by atoms with Crippen molar-refractivity contribution in [1.82, 2.24) is 29.5 Å². The Balaban J connectivity index is 1.03. The molecule has 0 radical (unpaired) electrons. The monoisotopic (exact) mass is 764 g/mol. The fourth-order valence-corrected chi connectivity index (χ4v) is 10.9. The van der Waals surface area contributed by atoms with Crippen LogP contribution in [0.4, 0.5) is 10.3 Å². The van der Waals surface area contributed by atoms with Gasteiger partial charge in [0.1, 0.15) is 0 Å². The summed E-state index contributed by atoms with van der Waals surface area (Å²) in [6, 6.07) is 30.6. The van der Waals surface area contributed by atoms with Crippen LogP contribution >= 0.6 is 22.7 Å². The van der Waals surface area contributed by atoms with E-state index >= 15 is 0 Å². The van der Waals surface area contributed by atoms with Gasteiger partial charge in [-0.1, -0.05) is 48.5 Å². The summed E-state index contributed by atoms with van der Waals surface area (Å²) in [4.78, 5) is 17.8. The molecule has 0 saturated carbocycles. The smallest absolute Gasteiger partial charge is 0.185 e. The van der Waals surface area contributed by atoms with Gasteiger partial charge >= 0.3 is 0 Å². The van der Waals surface area contributed by atoms with Gasteiger partial charge < -0.3 is 14.5 Å². The van der Waals surface area contributed by atoms with Gasteiger partial charge in [0.25, 0.3) is 0 Å². The van der Waals surface area contributed by atoms with E-state index in [1.54, 1.807) is 0 Å². The van der Waals surface area contributed by atoms with Crippen LogP contribution < -0.4 is 9.80 Å². The second-order valence-corrected chi connectivity index (χ2v) is 17.1. The molecule has 10 rings (SSSR count). The Bertz CT molecular complexity index is 2350. The van der Waals surface area contributed by atoms with Gasteiger partial charge in [0.2, 0.25) is 0 Å². The van der Waals surface area contributed by atoms with Gasteiger partial charge in [-0.2, -0.15) is 10.2 Å². The number of anilines is 2. The Hall–Kier alpha value is -5.10. The van der Waals surface area contributed by atoms with Crippen molar-refractivity contribution < 1.29 is 4.74 Å². The number of nitrogens with zero attached hydrogens (tertiary/aromatic N) is 8. The number of thiazole rings is 2. The fraction of sp³-hybridized carbons (Fsp3) is 0.318. The minimum Gasteiger partial charge on any atom is -0.378 e. The summed E-state index contributed by atoms with van der Waals surface area (Å²) in [5.41, 5.74) is 7.46. The predicted molar refractivity (Wildman–Crippen MR) is 220 cm³/mol. The maximum absolute atomic E-state index is 6.16. The number of benzene rings is 3. The summed E-state index contributed by atoms with van der Waals surface area (Å²) >= 11 is 3.70. The summed E-state index contributed by atoms with van der Waals surface area (Å²) < 4.78 is 10.1. The molecule has 4 aromatic heterocycles. The summed E-state index contributed by atoms with van der Waals surface area (Å²) in [5.74, 6) is 0.748. The minimum atomic E-state index is 0.0814. The van der Waals surface area contributed by atoms with E-state index in [-0.39, 0.29) is 11.8 Å². The van der Waals surface area contributed by atoms with Crippen LogP contribution in [0, 0.1) is 5.92 Å². The number of aromatic nitrogens is 6. The first-order valence-electron chi connectivity index (χ1n) is 19.5. The molecule has 2 saturated heterocycles. The predicted octanol–water partition coefficient (Wildman–Crippen LogP) is 8.89. The highest BCUT2D eigenvalue weighted by Crippen LogP contribution is 2.45. The third-order valence-corrected chi connectivity index (χ3v) is 14.0. The molecule has 0 bridgehead atoms. The maximum Gasteiger partial charge on any atom is 0.185 e. The number of hydrogen-bond acceptors (Lipinski definition) is 9. The van der Waals surface area contributed by atoms with E-state index in [1.807, 2.05) is 69.0 Å². The topological polar surface area (TPSA) is 77.1 Å². The first-order chi connectivity index (χ1) is 27.2. The van der Waals surface area contributed by atoms with Crippen molar-refractivity contribution in [2.75, 3.05) is 36.0 Å². The lowest BCUT2D eigenvalue weighted by Gasteiger charge is -2.40. The molecule has 9 nitrogen and oxygen atoms in total. The molecule has 55 heavy (non-hydrogen) atoms. The van der Waals surface area contributed by atoms with Crippen LogP contribution in [0.3, 0.4) is 0 Å². The number of fused-ring (bicyclic) bond motifs is 2. The zero-order valence-electron chi connectivity index (χ0n) is 30.7. The highest BCUT2D eigenvalue weighted by molar-refractivity contribution is 7.16. The van der Waals surface area contributed by atoms with E-state index < -0.39 is 0 Å². The molecule has 11 heteroatoms. The van der Waals surface area contributed by atoms with Gasteiger partial charge in [-0.25, -0.2) is 19.3 Å². The average molecular weight is 765 g/mol. The van der Waals surface area contributed by atoms with Crippen LogP contribution in [-0.2, 0) is 17.7 Å². The summed E-state index contributed by atoms with van der Waals surface area (Å²) in [7, 11) is 0. The molecule has 0 aliphatic carbocycles. The van der Waals surface area contributed by atoms with Gasteiger partial charge in [0.15, 0.2) is 10.3 Å². The Morgan fingerprint density at radius 1 is 0.691 bits per heavy atom. The molecule has 3 aromatic carbocycles. The first-order valence-corrected chi connectivity index (χ1v) is 21.1. The van der Waals surface area contributed by atoms with Crippen LogP contribution in [0.1, 0.15) is 69.5 Å². The Kier molecular flexibility index (Phi) is 9.51. The molecule has 0 amide bonds. The van der Waals surface area contributed by atoms with Crippen molar-refractivity contribution in [3.8, 4) is 11.4 Å². The highest BCUT2D eigenvalue weighted by Gasteiger charge is 2.34. The number of hydrogen-bond donors (Lipinski definition) is 0. The van der Waals surface area contributed by atoms with Crippen LogP contribution in [-0.4, -0.2) is 61.9 Å². The van der Waals surface area contributed by atoms with Crippen LogP contribution in [0.2, 0.25) is 0 Å². The summed E-state index contributed by atoms with van der Waals surface area (Å²) in [6.07, 6.45) is 17.7. The van der Waals surface area contributed by atoms with E-state index in [0.717, 1.165) is 80.1 Å². The molecule has 7 heterocycles. The minimum absolute atomic E-state index is 0.0814. The van der Waals surface area contributed by atoms with Crippen LogP contribution in [0.5, 0.6) is 0 Å². The maximum atomic E-state index is 6.16. The summed E-state index contributed by atoms with van der Waals surface area (Å²) in [6.45, 7) is 4.77. The molecule has 7 aromatic rings. The van der Waals surface area contributed by atoms with E-state index in [0.29, 0.717) is 12.0 Å². The fourth-order valence-electron chi connectivity index (χ4n) is 8.77. The van der Waals surface area contributed by atoms with Crippen molar-refractivity contribution in [3.05, 3.63) is 154 Å². The lowest BCUT2D eigenvalue weighted by atomic mass is 9.83. The van der Waals surface area contributed by atoms with E-state index in [2.05, 4.69) is 105 Å². The van der Waals surface area contributed by atoms with Gasteiger partial charge in [0, 0.05) is 97.5 Å².